The molecule has 1 saturated carbocycles. The number of nitrogens with one attached hydrogen (secondary N) is 1. The fraction of sp³-hybridized carbons (Fsp3) is 0.607. The molecule has 196 valence electrons. The van der Waals surface area contributed by atoms with Gasteiger partial charge in [-0.15, -0.1) is 0 Å². The Hall–Kier alpha value is -2.28. The molecule has 0 aromatic heterocycles. The molecule has 0 atom stereocenters. The van der Waals surface area contributed by atoms with E-state index in [4.69, 9.17) is 0 Å². The highest BCUT2D eigenvalue weighted by atomic mass is 32.2. The second-order valence-corrected chi connectivity index (χ2v) is 12.0. The predicted molar refractivity (Wildman–Crippen MR) is 142 cm³/mol. The minimum atomic E-state index is -3.85. The number of phenolic OH excluding ortho intramolecular Hbond substituents is 2. The van der Waals surface area contributed by atoms with Gasteiger partial charge in [0, 0.05) is 5.56 Å². The first-order chi connectivity index (χ1) is 16.6. The number of rotatable bonds is 12. The number of unbranched alkanes of at least 4 members (excludes halogenated alkanes) is 2. The molecule has 3 N–H and O–H groups in total. The fourth-order valence-electron chi connectivity index (χ4n) is 4.57. The van der Waals surface area contributed by atoms with Crippen molar-refractivity contribution < 1.29 is 23.4 Å². The molecule has 6 nitrogen and oxygen atoms in total. The van der Waals surface area contributed by atoms with Gasteiger partial charge in [-0.2, -0.15) is 0 Å². The van der Waals surface area contributed by atoms with Crippen LogP contribution in [-0.4, -0.2) is 29.8 Å². The fourth-order valence-corrected chi connectivity index (χ4v) is 6.05. The van der Waals surface area contributed by atoms with Crippen LogP contribution in [0.5, 0.6) is 11.5 Å². The smallest absolute Gasteiger partial charge is 0.268 e. The van der Waals surface area contributed by atoms with Crippen LogP contribution < -0.4 is 4.72 Å². The number of hydrogen-bond acceptors (Lipinski definition) is 5. The number of phenols is 2. The highest BCUT2D eigenvalue weighted by Gasteiger charge is 2.31. The van der Waals surface area contributed by atoms with E-state index in [1.54, 1.807) is 0 Å². The van der Waals surface area contributed by atoms with Crippen LogP contribution in [0.4, 0.5) is 0 Å². The summed E-state index contributed by atoms with van der Waals surface area (Å²) in [5, 5.41) is 21.2. The summed E-state index contributed by atoms with van der Waals surface area (Å²) in [5.41, 5.74) is 3.04. The van der Waals surface area contributed by atoms with Crippen molar-refractivity contribution in [2.45, 2.75) is 110 Å². The second kappa shape index (κ2) is 13.7. The van der Waals surface area contributed by atoms with Crippen LogP contribution in [0, 0.1) is 0 Å². The molecule has 1 aliphatic rings. The molecule has 0 saturated heterocycles. The molecular weight excluding hydrogens is 462 g/mol. The van der Waals surface area contributed by atoms with E-state index < -0.39 is 21.2 Å². The molecule has 0 heterocycles. The van der Waals surface area contributed by atoms with Crippen molar-refractivity contribution in [2.75, 3.05) is 0 Å². The van der Waals surface area contributed by atoms with Gasteiger partial charge in [-0.1, -0.05) is 62.3 Å². The van der Waals surface area contributed by atoms with Crippen LogP contribution in [-0.2, 0) is 22.9 Å². The third kappa shape index (κ3) is 8.71. The van der Waals surface area contributed by atoms with Crippen molar-refractivity contribution in [3.8, 4) is 11.5 Å². The van der Waals surface area contributed by atoms with Gasteiger partial charge in [0.05, 0.1) is 10.8 Å². The molecule has 0 unspecified atom stereocenters. The third-order valence-electron chi connectivity index (χ3n) is 6.71. The lowest BCUT2D eigenvalue weighted by Gasteiger charge is -2.22. The maximum absolute atomic E-state index is 13.2. The van der Waals surface area contributed by atoms with Crippen molar-refractivity contribution >= 4 is 15.9 Å². The van der Waals surface area contributed by atoms with Gasteiger partial charge in [0.1, 0.15) is 11.5 Å². The van der Waals surface area contributed by atoms with Gasteiger partial charge in [-0.05, 0) is 77.3 Å². The summed E-state index contributed by atoms with van der Waals surface area (Å²) in [5.74, 6) is -1.22. The van der Waals surface area contributed by atoms with Gasteiger partial charge >= 0.3 is 0 Å². The molecule has 0 radical (unpaired) electrons. The van der Waals surface area contributed by atoms with Crippen molar-refractivity contribution in [1.82, 2.24) is 4.72 Å². The van der Waals surface area contributed by atoms with Crippen molar-refractivity contribution in [2.24, 2.45) is 0 Å². The maximum Gasteiger partial charge on any atom is 0.268 e. The predicted octanol–water partition coefficient (Wildman–Crippen LogP) is 6.46. The van der Waals surface area contributed by atoms with Crippen LogP contribution in [0.1, 0.15) is 113 Å². The second-order valence-electron chi connectivity index (χ2n) is 10.0. The lowest BCUT2D eigenvalue weighted by molar-refractivity contribution is 0.0977. The number of amides is 1. The number of sulfonamides is 1. The van der Waals surface area contributed by atoms with E-state index in [0.29, 0.717) is 24.8 Å². The molecule has 0 bridgehead atoms. The number of carbonyl (C=O) groups excluding carboxylic acids is 1. The zero-order chi connectivity index (χ0) is 26.0. The number of allylic oxidation sites excluding steroid dienone is 4. The highest BCUT2D eigenvalue weighted by molar-refractivity contribution is 7.90. The van der Waals surface area contributed by atoms with Crippen LogP contribution in [0.3, 0.4) is 0 Å². The van der Waals surface area contributed by atoms with Crippen LogP contribution in [0.15, 0.2) is 29.4 Å². The van der Waals surface area contributed by atoms with E-state index in [9.17, 15) is 23.4 Å². The topological polar surface area (TPSA) is 104 Å². The van der Waals surface area contributed by atoms with Gasteiger partial charge in [-0.3, -0.25) is 4.79 Å². The molecule has 1 aromatic carbocycles. The molecule has 0 spiro atoms. The lowest BCUT2D eigenvalue weighted by atomic mass is 9.94. The van der Waals surface area contributed by atoms with E-state index >= 15 is 0 Å². The first kappa shape index (κ1) is 29.0. The monoisotopic (exact) mass is 505 g/mol. The van der Waals surface area contributed by atoms with E-state index in [1.807, 2.05) is 13.0 Å². The summed E-state index contributed by atoms with van der Waals surface area (Å²) in [7, 11) is -3.85. The third-order valence-corrected chi connectivity index (χ3v) is 8.53. The average molecular weight is 506 g/mol. The van der Waals surface area contributed by atoms with Crippen molar-refractivity contribution in [3.05, 3.63) is 46.1 Å². The van der Waals surface area contributed by atoms with Gasteiger partial charge in [0.2, 0.25) is 10.0 Å². The highest BCUT2D eigenvalue weighted by Crippen LogP contribution is 2.36. The van der Waals surface area contributed by atoms with Gasteiger partial charge < -0.3 is 10.2 Å². The van der Waals surface area contributed by atoms with E-state index in [2.05, 4.69) is 31.6 Å². The quantitative estimate of drug-likeness (QED) is 0.223. The summed E-state index contributed by atoms with van der Waals surface area (Å²) < 4.78 is 28.0. The summed E-state index contributed by atoms with van der Waals surface area (Å²) in [4.78, 5) is 13.2. The molecule has 7 heteroatoms. The Labute approximate surface area is 211 Å². The zero-order valence-electron chi connectivity index (χ0n) is 21.8. The molecule has 0 aliphatic heterocycles. The van der Waals surface area contributed by atoms with E-state index in [0.717, 1.165) is 56.9 Å². The number of aromatic hydroxyl groups is 2. The van der Waals surface area contributed by atoms with Crippen molar-refractivity contribution in [3.63, 3.8) is 0 Å². The Morgan fingerprint density at radius 1 is 1.09 bits per heavy atom. The van der Waals surface area contributed by atoms with Gasteiger partial charge in [0.25, 0.3) is 5.91 Å². The molecule has 1 aromatic rings. The van der Waals surface area contributed by atoms with E-state index in [1.165, 1.54) is 11.6 Å². The summed E-state index contributed by atoms with van der Waals surface area (Å²) in [6.07, 6.45) is 13.0. The van der Waals surface area contributed by atoms with Gasteiger partial charge in [-0.25, -0.2) is 13.1 Å². The average Bonchev–Trinajstić information content (AvgIpc) is 2.79. The Morgan fingerprint density at radius 2 is 1.77 bits per heavy atom. The molecule has 1 fully saturated rings. The Morgan fingerprint density at radius 3 is 2.40 bits per heavy atom. The largest absolute Gasteiger partial charge is 0.508 e. The Balaban J connectivity index is 2.35. The minimum absolute atomic E-state index is 0.0381. The summed E-state index contributed by atoms with van der Waals surface area (Å²) in [6.45, 7) is 8.17. The summed E-state index contributed by atoms with van der Waals surface area (Å²) >= 11 is 0. The van der Waals surface area contributed by atoms with Crippen molar-refractivity contribution in [1.29, 1.82) is 0 Å². The van der Waals surface area contributed by atoms with Gasteiger partial charge in [0.15, 0.2) is 0 Å². The normalized spacial score (nSPS) is 15.1. The lowest BCUT2D eigenvalue weighted by Crippen LogP contribution is -2.39. The maximum atomic E-state index is 13.2. The van der Waals surface area contributed by atoms with Crippen LogP contribution in [0.2, 0.25) is 0 Å². The number of benzene rings is 1. The molecular formula is C28H43NO5S. The Bertz CT molecular complexity index is 1030. The van der Waals surface area contributed by atoms with Crippen LogP contribution >= 0.6 is 0 Å². The number of carbonyl (C=O) groups is 1. The first-order valence-electron chi connectivity index (χ1n) is 13.0. The molecule has 35 heavy (non-hydrogen) atoms. The van der Waals surface area contributed by atoms with Crippen LogP contribution in [0.25, 0.3) is 0 Å². The zero-order valence-corrected chi connectivity index (χ0v) is 22.6. The van der Waals surface area contributed by atoms with E-state index in [-0.39, 0.29) is 29.0 Å². The number of hydrogen-bond donors (Lipinski definition) is 3. The number of aryl methyl sites for hydroxylation is 1. The standard InChI is InChI=1S/C28H43NO5S/c1-5-6-8-14-22-19-25(30)24(18-17-21(4)13-11-12-20(2)3)27(31)26(22)28(32)29-35(33,34)23-15-9-7-10-16-23/h12,17,19,23,30-31H,5-11,13-16,18H2,1-4H3,(H,29,32)/b21-17+. The SMILES string of the molecule is CCCCCc1cc(O)c(C/C=C(\C)CCC=C(C)C)c(O)c1C(=O)NS(=O)(=O)C1CCCCC1. The first-order valence-corrected chi connectivity index (χ1v) is 14.5. The molecule has 1 amide bonds. The Kier molecular flexibility index (Phi) is 11.3. The molecule has 2 rings (SSSR count). The summed E-state index contributed by atoms with van der Waals surface area (Å²) in [6, 6.07) is 1.51. The molecule has 1 aliphatic carbocycles. The minimum Gasteiger partial charge on any atom is -0.508 e.